The zero-order valence-electron chi connectivity index (χ0n) is 24.7. The van der Waals surface area contributed by atoms with Crippen molar-refractivity contribution >= 4 is 46.9 Å². The fourth-order valence-electron chi connectivity index (χ4n) is 8.69. The Kier molecular flexibility index (Phi) is 6.04. The second-order valence-electron chi connectivity index (χ2n) is 13.0. The molecule has 10 nitrogen and oxygen atoms in total. The van der Waals surface area contributed by atoms with E-state index in [4.69, 9.17) is 9.47 Å². The number of allylic oxidation sites excluding steroid dienone is 4. The van der Waals surface area contributed by atoms with Gasteiger partial charge in [-0.3, -0.25) is 28.8 Å². The van der Waals surface area contributed by atoms with Gasteiger partial charge in [0, 0.05) is 13.8 Å². The summed E-state index contributed by atoms with van der Waals surface area (Å²) in [7, 11) is 0. The number of hydrogen-bond acceptors (Lipinski definition) is 8. The molecule has 10 heteroatoms. The van der Waals surface area contributed by atoms with Crippen LogP contribution in [0.4, 0.5) is 11.4 Å². The van der Waals surface area contributed by atoms with Crippen LogP contribution in [0.5, 0.6) is 11.5 Å². The van der Waals surface area contributed by atoms with Crippen LogP contribution >= 0.6 is 0 Å². The van der Waals surface area contributed by atoms with Crippen LogP contribution in [0.3, 0.4) is 0 Å². The molecule has 2 aliphatic heterocycles. The van der Waals surface area contributed by atoms with Crippen molar-refractivity contribution in [3.8, 4) is 11.5 Å². The molecule has 228 valence electrons. The fraction of sp³-hybridized carbons (Fsp3) is 0.371. The van der Waals surface area contributed by atoms with Crippen molar-refractivity contribution < 1.29 is 38.2 Å². The van der Waals surface area contributed by atoms with E-state index in [0.29, 0.717) is 17.5 Å². The summed E-state index contributed by atoms with van der Waals surface area (Å²) in [6.45, 7) is 2.51. The summed E-state index contributed by atoms with van der Waals surface area (Å²) in [6, 6.07) is 9.97. The topological polar surface area (TPSA) is 127 Å². The SMILES string of the molecule is CC(=O)Oc1cc(Cc2ccc(N3C(=O)[C@@H]4[C@H](C3=O)[C@H]3C=C[C@H]4C3)c(OC(C)=O)c2)ccc1N1C(=O)[C@@H]2[C@@H](C1=O)[C@H]1C=C[C@@H]2C1. The highest BCUT2D eigenvalue weighted by atomic mass is 16.5. The van der Waals surface area contributed by atoms with E-state index in [-0.39, 0.29) is 70.2 Å². The van der Waals surface area contributed by atoms with Crippen LogP contribution in [0.15, 0.2) is 60.7 Å². The van der Waals surface area contributed by atoms with Crippen LogP contribution in [-0.2, 0) is 35.2 Å². The van der Waals surface area contributed by atoms with Gasteiger partial charge >= 0.3 is 11.9 Å². The molecule has 4 aliphatic carbocycles. The maximum atomic E-state index is 13.5. The number of anilines is 2. The summed E-state index contributed by atoms with van der Waals surface area (Å²) in [5.74, 6) is -3.47. The van der Waals surface area contributed by atoms with Crippen LogP contribution in [0.2, 0.25) is 0 Å². The lowest BCUT2D eigenvalue weighted by atomic mass is 9.85. The largest absolute Gasteiger partial charge is 0.424 e. The average molecular weight is 607 g/mol. The van der Waals surface area contributed by atoms with Gasteiger partial charge in [0.05, 0.1) is 35.0 Å². The van der Waals surface area contributed by atoms with Gasteiger partial charge in [-0.15, -0.1) is 0 Å². The Hall–Kier alpha value is -4.86. The Morgan fingerprint density at radius 1 is 0.600 bits per heavy atom. The Balaban J connectivity index is 1.09. The number of amides is 4. The van der Waals surface area contributed by atoms with Crippen LogP contribution in [-0.4, -0.2) is 35.6 Å². The summed E-state index contributed by atoms with van der Waals surface area (Å²) in [5, 5.41) is 0. The minimum Gasteiger partial charge on any atom is -0.424 e. The minimum atomic E-state index is -0.593. The highest BCUT2D eigenvalue weighted by Crippen LogP contribution is 2.55. The van der Waals surface area contributed by atoms with Gasteiger partial charge in [0.2, 0.25) is 23.6 Å². The number of ether oxygens (including phenoxy) is 2. The van der Waals surface area contributed by atoms with Crippen molar-refractivity contribution in [1.82, 2.24) is 0 Å². The van der Waals surface area contributed by atoms with Crippen molar-refractivity contribution in [1.29, 1.82) is 0 Å². The number of rotatable bonds is 6. The standard InChI is InChI=1S/C35H30N2O8/c1-16(38)44-26-12-18(3-9-24(26)36-32(40)28-20-5-6-21(14-20)29(28)33(36)41)11-19-4-10-25(27(13-19)45-17(2)39)37-34(42)30-22-7-8-23(15-22)31(30)35(37)43/h3-10,12-13,20-23,28-31H,11,14-15H2,1-2H3/t20-,21-,22-,23+,28-,29+,30-,31-/m0/s1. The normalized spacial score (nSPS) is 31.8. The van der Waals surface area contributed by atoms with E-state index < -0.39 is 35.6 Å². The Morgan fingerprint density at radius 2 is 0.933 bits per heavy atom. The zero-order valence-corrected chi connectivity index (χ0v) is 24.7. The lowest BCUT2D eigenvalue weighted by Gasteiger charge is -2.21. The molecule has 2 saturated heterocycles. The smallest absolute Gasteiger partial charge is 0.308 e. The molecule has 2 aromatic carbocycles. The third-order valence-corrected chi connectivity index (χ3v) is 10.4. The van der Waals surface area contributed by atoms with Gasteiger partial charge in [-0.2, -0.15) is 0 Å². The molecule has 2 saturated carbocycles. The summed E-state index contributed by atoms with van der Waals surface area (Å²) < 4.78 is 11.0. The zero-order chi connectivity index (χ0) is 31.3. The van der Waals surface area contributed by atoms with E-state index in [0.717, 1.165) is 22.6 Å². The molecule has 6 aliphatic rings. The molecular formula is C35H30N2O8. The van der Waals surface area contributed by atoms with Gasteiger partial charge in [0.25, 0.3) is 0 Å². The summed E-state index contributed by atoms with van der Waals surface area (Å²) in [4.78, 5) is 80.3. The second kappa shape index (κ2) is 9.82. The number of esters is 2. The van der Waals surface area contributed by atoms with Gasteiger partial charge in [0.1, 0.15) is 0 Å². The predicted octanol–water partition coefficient (Wildman–Crippen LogP) is 3.75. The quantitative estimate of drug-likeness (QED) is 0.211. The fourth-order valence-corrected chi connectivity index (χ4v) is 8.69. The molecule has 8 atom stereocenters. The first-order valence-corrected chi connectivity index (χ1v) is 15.4. The molecule has 0 radical (unpaired) electrons. The minimum absolute atomic E-state index is 0.0461. The van der Waals surface area contributed by atoms with Crippen LogP contribution in [0.1, 0.15) is 37.8 Å². The van der Waals surface area contributed by atoms with Crippen molar-refractivity contribution in [2.75, 3.05) is 9.80 Å². The maximum absolute atomic E-state index is 13.5. The molecule has 4 bridgehead atoms. The molecule has 45 heavy (non-hydrogen) atoms. The molecule has 2 aromatic rings. The average Bonchev–Trinajstić information content (AvgIpc) is 3.83. The third kappa shape index (κ3) is 4.07. The van der Waals surface area contributed by atoms with E-state index in [1.165, 1.54) is 13.8 Å². The van der Waals surface area contributed by atoms with Crippen molar-refractivity contribution in [3.63, 3.8) is 0 Å². The highest BCUT2D eigenvalue weighted by Gasteiger charge is 2.61. The van der Waals surface area contributed by atoms with Crippen molar-refractivity contribution in [2.24, 2.45) is 47.3 Å². The number of carbonyl (C=O) groups excluding carboxylic acids is 6. The van der Waals surface area contributed by atoms with Crippen LogP contribution in [0, 0.1) is 47.3 Å². The monoisotopic (exact) mass is 606 g/mol. The number of nitrogens with zero attached hydrogens (tertiary/aromatic N) is 2. The van der Waals surface area contributed by atoms with Gasteiger partial charge in [-0.1, -0.05) is 36.4 Å². The molecule has 2 heterocycles. The molecule has 0 unspecified atom stereocenters. The number of fused-ring (bicyclic) bond motifs is 10. The molecule has 0 aromatic heterocycles. The summed E-state index contributed by atoms with van der Waals surface area (Å²) in [5.41, 5.74) is 1.86. The van der Waals surface area contributed by atoms with Crippen molar-refractivity contribution in [2.45, 2.75) is 33.1 Å². The third-order valence-electron chi connectivity index (χ3n) is 10.4. The molecule has 4 amide bonds. The number of hydrogen-bond donors (Lipinski definition) is 0. The Morgan fingerprint density at radius 3 is 1.24 bits per heavy atom. The van der Waals surface area contributed by atoms with Gasteiger partial charge in [-0.25, -0.2) is 9.80 Å². The first-order valence-electron chi connectivity index (χ1n) is 15.4. The summed E-state index contributed by atoms with van der Waals surface area (Å²) in [6.07, 6.45) is 10.0. The van der Waals surface area contributed by atoms with Gasteiger partial charge in [0.15, 0.2) is 11.5 Å². The van der Waals surface area contributed by atoms with Gasteiger partial charge in [-0.05, 0) is 78.3 Å². The van der Waals surface area contributed by atoms with E-state index in [1.807, 2.05) is 24.3 Å². The first-order chi connectivity index (χ1) is 21.6. The van der Waals surface area contributed by atoms with Crippen molar-refractivity contribution in [3.05, 3.63) is 71.8 Å². The number of carbonyl (C=O) groups is 6. The maximum Gasteiger partial charge on any atom is 0.308 e. The van der Waals surface area contributed by atoms with Gasteiger partial charge < -0.3 is 9.47 Å². The van der Waals surface area contributed by atoms with E-state index >= 15 is 0 Å². The van der Waals surface area contributed by atoms with Crippen LogP contribution in [0.25, 0.3) is 0 Å². The molecule has 0 N–H and O–H groups in total. The van der Waals surface area contributed by atoms with E-state index in [9.17, 15) is 28.8 Å². The molecular weight excluding hydrogens is 576 g/mol. The molecule has 4 fully saturated rings. The Labute approximate surface area is 258 Å². The van der Waals surface area contributed by atoms with E-state index in [2.05, 4.69) is 0 Å². The molecule has 8 rings (SSSR count). The van der Waals surface area contributed by atoms with Crippen LogP contribution < -0.4 is 19.3 Å². The summed E-state index contributed by atoms with van der Waals surface area (Å²) >= 11 is 0. The lowest BCUT2D eigenvalue weighted by molar-refractivity contribution is -0.132. The first kappa shape index (κ1) is 27.7. The molecule has 0 spiro atoms. The highest BCUT2D eigenvalue weighted by molar-refractivity contribution is 6.24. The number of imide groups is 2. The Bertz CT molecular complexity index is 1620. The number of benzene rings is 2. The van der Waals surface area contributed by atoms with E-state index in [1.54, 1.807) is 36.4 Å². The predicted molar refractivity (Wildman–Crippen MR) is 159 cm³/mol. The lowest BCUT2D eigenvalue weighted by Crippen LogP contribution is -2.33. The second-order valence-corrected chi connectivity index (χ2v) is 13.0.